The van der Waals surface area contributed by atoms with E-state index in [4.69, 9.17) is 5.11 Å². The van der Waals surface area contributed by atoms with Crippen LogP contribution in [0.4, 0.5) is 5.82 Å². The van der Waals surface area contributed by atoms with Crippen molar-refractivity contribution < 1.29 is 14.7 Å². The molecule has 0 spiro atoms. The van der Waals surface area contributed by atoms with E-state index in [1.54, 1.807) is 35.7 Å². The van der Waals surface area contributed by atoms with E-state index in [1.165, 1.54) is 0 Å². The van der Waals surface area contributed by atoms with Gasteiger partial charge in [-0.2, -0.15) is 0 Å². The van der Waals surface area contributed by atoms with Gasteiger partial charge in [-0.05, 0) is 38.3 Å². The third-order valence-corrected chi connectivity index (χ3v) is 3.95. The summed E-state index contributed by atoms with van der Waals surface area (Å²) in [6, 6.07) is 4.95. The molecule has 2 aromatic heterocycles. The molecule has 0 saturated heterocycles. The molecule has 0 fully saturated rings. The number of carbonyl (C=O) groups excluding carboxylic acids is 2. The molecule has 0 aliphatic heterocycles. The Kier molecular flexibility index (Phi) is 6.91. The largest absolute Gasteiger partial charge is 0.394 e. The highest BCUT2D eigenvalue weighted by molar-refractivity contribution is 5.94. The average molecular weight is 358 g/mol. The summed E-state index contributed by atoms with van der Waals surface area (Å²) in [6.07, 6.45) is 6.87. The zero-order valence-electron chi connectivity index (χ0n) is 15.4. The molecule has 7 nitrogen and oxygen atoms in total. The lowest BCUT2D eigenvalue weighted by atomic mass is 10.0. The van der Waals surface area contributed by atoms with E-state index in [0.717, 1.165) is 6.42 Å². The number of aliphatic hydroxyl groups excluding tert-OH is 1. The number of imidazole rings is 1. The molecule has 2 unspecified atom stereocenters. The molecular weight excluding hydrogens is 332 g/mol. The van der Waals surface area contributed by atoms with Gasteiger partial charge in [0.1, 0.15) is 17.2 Å². The first kappa shape index (κ1) is 19.7. The van der Waals surface area contributed by atoms with Crippen molar-refractivity contribution >= 4 is 23.3 Å². The number of aromatic nitrogens is 2. The van der Waals surface area contributed by atoms with E-state index < -0.39 is 0 Å². The molecule has 140 valence electrons. The van der Waals surface area contributed by atoms with E-state index >= 15 is 0 Å². The van der Waals surface area contributed by atoms with Gasteiger partial charge >= 0.3 is 0 Å². The molecule has 7 heteroatoms. The summed E-state index contributed by atoms with van der Waals surface area (Å²) in [5, 5.41) is 14.6. The lowest BCUT2D eigenvalue weighted by Crippen LogP contribution is -2.35. The van der Waals surface area contributed by atoms with Crippen molar-refractivity contribution in [3.63, 3.8) is 0 Å². The number of rotatable bonds is 8. The van der Waals surface area contributed by atoms with Crippen LogP contribution in [0.1, 0.15) is 44.1 Å². The van der Waals surface area contributed by atoms with Gasteiger partial charge in [0.15, 0.2) is 0 Å². The fourth-order valence-corrected chi connectivity index (χ4v) is 2.53. The minimum absolute atomic E-state index is 0.0805. The van der Waals surface area contributed by atoms with Crippen molar-refractivity contribution in [2.24, 2.45) is 5.92 Å². The lowest BCUT2D eigenvalue weighted by Gasteiger charge is -2.11. The average Bonchev–Trinajstić information content (AvgIpc) is 3.05. The molecule has 26 heavy (non-hydrogen) atoms. The number of hydrogen-bond acceptors (Lipinski definition) is 4. The monoisotopic (exact) mass is 358 g/mol. The molecule has 0 bridgehead atoms. The number of nitrogens with one attached hydrogen (secondary N) is 2. The Bertz CT molecular complexity index is 797. The molecule has 0 saturated carbocycles. The number of pyridine rings is 1. The Balaban J connectivity index is 2.13. The van der Waals surface area contributed by atoms with Crippen molar-refractivity contribution in [3.05, 3.63) is 42.2 Å². The maximum absolute atomic E-state index is 12.3. The van der Waals surface area contributed by atoms with Crippen LogP contribution < -0.4 is 10.6 Å². The zero-order chi connectivity index (χ0) is 19.1. The van der Waals surface area contributed by atoms with Crippen LogP contribution in [0.5, 0.6) is 0 Å². The number of carbonyl (C=O) groups is 2. The summed E-state index contributed by atoms with van der Waals surface area (Å²) in [5.41, 5.74) is 0.792. The van der Waals surface area contributed by atoms with Gasteiger partial charge in [0.2, 0.25) is 5.91 Å². The Morgan fingerprint density at radius 1 is 1.35 bits per heavy atom. The normalized spacial score (nSPS) is 13.7. The Morgan fingerprint density at radius 3 is 2.81 bits per heavy atom. The molecule has 0 aliphatic carbocycles. The molecule has 2 atom stereocenters. The Hall–Kier alpha value is -2.67. The van der Waals surface area contributed by atoms with Gasteiger partial charge in [-0.3, -0.25) is 14.0 Å². The zero-order valence-corrected chi connectivity index (χ0v) is 15.4. The number of hydrogen-bond donors (Lipinski definition) is 3. The summed E-state index contributed by atoms with van der Waals surface area (Å²) in [7, 11) is 0. The molecule has 2 aromatic rings. The number of amides is 2. The Labute approximate surface area is 153 Å². The highest BCUT2D eigenvalue weighted by atomic mass is 16.3. The molecule has 0 radical (unpaired) electrons. The van der Waals surface area contributed by atoms with Gasteiger partial charge in [0, 0.05) is 18.7 Å². The summed E-state index contributed by atoms with van der Waals surface area (Å²) >= 11 is 0. The van der Waals surface area contributed by atoms with Gasteiger partial charge in [-0.1, -0.05) is 25.1 Å². The second kappa shape index (κ2) is 9.15. The van der Waals surface area contributed by atoms with Crippen LogP contribution in [0.2, 0.25) is 0 Å². The standard InChI is InChI=1S/C19H26N4O3/c1-4-5-7-13(2)10-18(25)22-17-9-6-8-16-21-15(11-23(16)17)19(26)20-14(3)12-24/h4-6,8-9,11,13-14,24H,7,10,12H2,1-3H3,(H,20,26)(H,22,25)/b5-4-. The van der Waals surface area contributed by atoms with E-state index in [-0.39, 0.29) is 36.1 Å². The quantitative estimate of drug-likeness (QED) is 0.631. The molecule has 2 heterocycles. The van der Waals surface area contributed by atoms with Crippen molar-refractivity contribution in [3.8, 4) is 0 Å². The van der Waals surface area contributed by atoms with Crippen LogP contribution in [-0.2, 0) is 4.79 Å². The second-order valence-corrected chi connectivity index (χ2v) is 6.48. The van der Waals surface area contributed by atoms with Crippen LogP contribution in [0.25, 0.3) is 5.65 Å². The van der Waals surface area contributed by atoms with Crippen molar-refractivity contribution in [2.45, 2.75) is 39.7 Å². The summed E-state index contributed by atoms with van der Waals surface area (Å²) in [4.78, 5) is 28.7. The summed E-state index contributed by atoms with van der Waals surface area (Å²) < 4.78 is 1.67. The molecule has 0 aliphatic rings. The van der Waals surface area contributed by atoms with Crippen molar-refractivity contribution in [1.82, 2.24) is 14.7 Å². The highest BCUT2D eigenvalue weighted by Crippen LogP contribution is 2.16. The summed E-state index contributed by atoms with van der Waals surface area (Å²) in [5.74, 6) is 0.359. The van der Waals surface area contributed by atoms with Crippen LogP contribution >= 0.6 is 0 Å². The number of anilines is 1. The molecule has 2 rings (SSSR count). The third-order valence-electron chi connectivity index (χ3n) is 3.95. The van der Waals surface area contributed by atoms with Gasteiger partial charge in [0.05, 0.1) is 6.61 Å². The molecular formula is C19H26N4O3. The van der Waals surface area contributed by atoms with Crippen molar-refractivity contribution in [2.75, 3.05) is 11.9 Å². The first-order valence-electron chi connectivity index (χ1n) is 8.75. The summed E-state index contributed by atoms with van der Waals surface area (Å²) in [6.45, 7) is 5.55. The molecule has 0 aromatic carbocycles. The maximum Gasteiger partial charge on any atom is 0.271 e. The molecule has 3 N–H and O–H groups in total. The smallest absolute Gasteiger partial charge is 0.271 e. The van der Waals surface area contributed by atoms with E-state index in [0.29, 0.717) is 17.9 Å². The fraction of sp³-hybridized carbons (Fsp3) is 0.421. The van der Waals surface area contributed by atoms with E-state index in [9.17, 15) is 9.59 Å². The van der Waals surface area contributed by atoms with Gasteiger partial charge in [-0.15, -0.1) is 0 Å². The third kappa shape index (κ3) is 5.16. The van der Waals surface area contributed by atoms with Crippen LogP contribution in [0.15, 0.2) is 36.5 Å². The van der Waals surface area contributed by atoms with Gasteiger partial charge in [-0.25, -0.2) is 4.98 Å². The van der Waals surface area contributed by atoms with Crippen LogP contribution in [0.3, 0.4) is 0 Å². The van der Waals surface area contributed by atoms with Crippen molar-refractivity contribution in [1.29, 1.82) is 0 Å². The number of nitrogens with zero attached hydrogens (tertiary/aromatic N) is 2. The molecule has 2 amide bonds. The number of fused-ring (bicyclic) bond motifs is 1. The van der Waals surface area contributed by atoms with E-state index in [2.05, 4.69) is 15.6 Å². The lowest BCUT2D eigenvalue weighted by molar-refractivity contribution is -0.117. The predicted molar refractivity (Wildman–Crippen MR) is 101 cm³/mol. The number of aliphatic hydroxyl groups is 1. The first-order valence-corrected chi connectivity index (χ1v) is 8.75. The predicted octanol–water partition coefficient (Wildman–Crippen LogP) is 2.38. The van der Waals surface area contributed by atoms with Crippen LogP contribution in [-0.4, -0.2) is 39.0 Å². The maximum atomic E-state index is 12.3. The van der Waals surface area contributed by atoms with Gasteiger partial charge < -0.3 is 15.7 Å². The minimum atomic E-state index is -0.368. The Morgan fingerprint density at radius 2 is 2.12 bits per heavy atom. The topological polar surface area (TPSA) is 95.7 Å². The van der Waals surface area contributed by atoms with Gasteiger partial charge in [0.25, 0.3) is 5.91 Å². The van der Waals surface area contributed by atoms with E-state index in [1.807, 2.05) is 26.0 Å². The fourth-order valence-electron chi connectivity index (χ4n) is 2.53. The SMILES string of the molecule is C/C=C\CC(C)CC(=O)Nc1cccc2nc(C(=O)NC(C)CO)cn12. The second-order valence-electron chi connectivity index (χ2n) is 6.48. The highest BCUT2D eigenvalue weighted by Gasteiger charge is 2.15. The minimum Gasteiger partial charge on any atom is -0.394 e. The van der Waals surface area contributed by atoms with Crippen LogP contribution in [0, 0.1) is 5.92 Å². The first-order chi connectivity index (χ1) is 12.4. The number of allylic oxidation sites excluding steroid dienone is 2.